The quantitative estimate of drug-likeness (QED) is 0.349. The monoisotopic (exact) mass is 488 g/mol. The Bertz CT molecular complexity index is 1330. The van der Waals surface area contributed by atoms with Gasteiger partial charge in [0.1, 0.15) is 10.8 Å². The molecule has 4 heterocycles. The van der Waals surface area contributed by atoms with Crippen LogP contribution < -0.4 is 10.6 Å². The molecule has 0 bridgehead atoms. The van der Waals surface area contributed by atoms with E-state index in [2.05, 4.69) is 25.6 Å². The maximum atomic E-state index is 12.2. The average molecular weight is 489 g/mol. The van der Waals surface area contributed by atoms with Crippen LogP contribution in [-0.2, 0) is 11.2 Å². The molecule has 9 nitrogen and oxygen atoms in total. The summed E-state index contributed by atoms with van der Waals surface area (Å²) in [7, 11) is 0. The zero-order valence-electron chi connectivity index (χ0n) is 19.3. The summed E-state index contributed by atoms with van der Waals surface area (Å²) in [6.45, 7) is 4.36. The molecule has 2 N–H and O–H groups in total. The number of aromatic nitrogens is 4. The third-order valence-corrected chi connectivity index (χ3v) is 5.88. The van der Waals surface area contributed by atoms with Crippen LogP contribution in [0, 0.1) is 0 Å². The maximum absolute atomic E-state index is 12.2. The summed E-state index contributed by atoms with van der Waals surface area (Å²) in [6.07, 6.45) is 8.95. The van der Waals surface area contributed by atoms with Gasteiger partial charge in [-0.25, -0.2) is 19.6 Å². The lowest BCUT2D eigenvalue weighted by Crippen LogP contribution is -2.28. The molecule has 10 heteroatoms. The second-order valence-corrected chi connectivity index (χ2v) is 8.32. The molecular formula is C25H24N6O3S. The molecule has 0 radical (unpaired) electrons. The number of amides is 2. The number of rotatable bonds is 8. The van der Waals surface area contributed by atoms with E-state index in [-0.39, 0.29) is 12.6 Å². The van der Waals surface area contributed by atoms with Gasteiger partial charge < -0.3 is 10.1 Å². The van der Waals surface area contributed by atoms with Crippen molar-refractivity contribution in [3.63, 3.8) is 0 Å². The number of pyridine rings is 3. The van der Waals surface area contributed by atoms with Gasteiger partial charge in [0.2, 0.25) is 0 Å². The fourth-order valence-corrected chi connectivity index (χ4v) is 4.24. The molecule has 0 saturated heterocycles. The Balaban J connectivity index is 1.73. The highest BCUT2D eigenvalue weighted by molar-refractivity contribution is 7.13. The molecule has 35 heavy (non-hydrogen) atoms. The van der Waals surface area contributed by atoms with E-state index in [1.165, 1.54) is 17.5 Å². The first-order valence-corrected chi connectivity index (χ1v) is 12.0. The summed E-state index contributed by atoms with van der Waals surface area (Å²) in [6, 6.07) is 7.06. The molecule has 2 amide bonds. The minimum atomic E-state index is -0.445. The van der Waals surface area contributed by atoms with Gasteiger partial charge in [-0.1, -0.05) is 0 Å². The number of nitrogens with one attached hydrogen (secondary N) is 2. The van der Waals surface area contributed by atoms with Crippen LogP contribution in [0.15, 0.2) is 60.6 Å². The van der Waals surface area contributed by atoms with Gasteiger partial charge in [0.05, 0.1) is 17.9 Å². The van der Waals surface area contributed by atoms with Gasteiger partial charge in [-0.15, -0.1) is 11.3 Å². The molecule has 0 aliphatic heterocycles. The molecule has 178 valence electrons. The zero-order chi connectivity index (χ0) is 24.6. The molecule has 0 saturated carbocycles. The van der Waals surface area contributed by atoms with E-state index < -0.39 is 5.97 Å². The summed E-state index contributed by atoms with van der Waals surface area (Å²) < 4.78 is 5.12. The van der Waals surface area contributed by atoms with Crippen molar-refractivity contribution in [2.75, 3.05) is 18.5 Å². The number of nitrogens with zero attached hydrogens (tertiary/aromatic N) is 4. The SMILES string of the molecule is CCNC(=O)Nc1cc(-c2nc(Cc3ccncc3)cs2)c(-c2cncc(C(=O)OCC)c2)cn1. The van der Waals surface area contributed by atoms with Crippen molar-refractivity contribution in [2.45, 2.75) is 20.3 Å². The summed E-state index contributed by atoms with van der Waals surface area (Å²) in [4.78, 5) is 41.8. The van der Waals surface area contributed by atoms with E-state index in [0.717, 1.165) is 27.4 Å². The Kier molecular flexibility index (Phi) is 7.74. The van der Waals surface area contributed by atoms with Gasteiger partial charge in [-0.3, -0.25) is 15.3 Å². The lowest BCUT2D eigenvalue weighted by molar-refractivity contribution is 0.0526. The number of esters is 1. The highest BCUT2D eigenvalue weighted by atomic mass is 32.1. The fourth-order valence-electron chi connectivity index (χ4n) is 3.39. The molecule has 4 aromatic rings. The number of carbonyl (C=O) groups is 2. The molecule has 4 rings (SSSR count). The summed E-state index contributed by atoms with van der Waals surface area (Å²) in [5, 5.41) is 8.20. The van der Waals surface area contributed by atoms with Gasteiger partial charge in [-0.2, -0.15) is 0 Å². The smallest absolute Gasteiger partial charge is 0.339 e. The van der Waals surface area contributed by atoms with Crippen molar-refractivity contribution in [3.05, 3.63) is 77.5 Å². The Morgan fingerprint density at radius 2 is 1.86 bits per heavy atom. The van der Waals surface area contributed by atoms with Crippen molar-refractivity contribution < 1.29 is 14.3 Å². The van der Waals surface area contributed by atoms with Crippen LogP contribution in [0.2, 0.25) is 0 Å². The van der Waals surface area contributed by atoms with E-state index in [1.54, 1.807) is 43.8 Å². The van der Waals surface area contributed by atoms with Crippen LogP contribution in [0.4, 0.5) is 10.6 Å². The summed E-state index contributed by atoms with van der Waals surface area (Å²) in [5.41, 5.74) is 4.55. The minimum Gasteiger partial charge on any atom is -0.462 e. The highest BCUT2D eigenvalue weighted by Gasteiger charge is 2.17. The first-order chi connectivity index (χ1) is 17.1. The molecular weight excluding hydrogens is 464 g/mol. The number of hydrogen-bond donors (Lipinski definition) is 2. The van der Waals surface area contributed by atoms with Crippen LogP contribution in [0.3, 0.4) is 0 Å². The molecule has 0 aromatic carbocycles. The van der Waals surface area contributed by atoms with Crippen LogP contribution in [0.5, 0.6) is 0 Å². The Labute approximate surface area is 206 Å². The van der Waals surface area contributed by atoms with Crippen LogP contribution >= 0.6 is 11.3 Å². The molecule has 0 spiro atoms. The lowest BCUT2D eigenvalue weighted by Gasteiger charge is -2.11. The number of ether oxygens (including phenoxy) is 1. The third-order valence-electron chi connectivity index (χ3n) is 4.96. The summed E-state index contributed by atoms with van der Waals surface area (Å²) in [5.74, 6) is -0.0603. The molecule has 0 aliphatic carbocycles. The molecule has 4 aromatic heterocycles. The molecule has 0 aliphatic rings. The van der Waals surface area contributed by atoms with Crippen LogP contribution in [0.1, 0.15) is 35.5 Å². The van der Waals surface area contributed by atoms with Gasteiger partial charge in [-0.05, 0) is 43.7 Å². The van der Waals surface area contributed by atoms with E-state index in [4.69, 9.17) is 9.72 Å². The molecule has 0 atom stereocenters. The Morgan fingerprint density at radius 1 is 1.03 bits per heavy atom. The third kappa shape index (κ3) is 6.04. The van der Waals surface area contributed by atoms with Gasteiger partial charge >= 0.3 is 12.0 Å². The first-order valence-electron chi connectivity index (χ1n) is 11.1. The maximum Gasteiger partial charge on any atom is 0.339 e. The second-order valence-electron chi connectivity index (χ2n) is 7.46. The average Bonchev–Trinajstić information content (AvgIpc) is 3.33. The van der Waals surface area contributed by atoms with Crippen molar-refractivity contribution in [2.24, 2.45) is 0 Å². The number of urea groups is 1. The van der Waals surface area contributed by atoms with E-state index in [9.17, 15) is 9.59 Å². The highest BCUT2D eigenvalue weighted by Crippen LogP contribution is 2.35. The van der Waals surface area contributed by atoms with Crippen LogP contribution in [0.25, 0.3) is 21.7 Å². The zero-order valence-corrected chi connectivity index (χ0v) is 20.1. The van der Waals surface area contributed by atoms with Gasteiger partial charge in [0.15, 0.2) is 0 Å². The standard InChI is InChI=1S/C25H24N6O3S/c1-3-28-25(33)31-22-11-20(23-30-19(15-35-23)9-16-5-7-26-8-6-16)21(14-29-22)17-10-18(13-27-12-17)24(32)34-4-2/h5-8,10-15H,3-4,9H2,1-2H3,(H2,28,29,31,33). The number of carbonyl (C=O) groups excluding carboxylic acids is 2. The Morgan fingerprint density at radius 3 is 2.63 bits per heavy atom. The topological polar surface area (TPSA) is 119 Å². The van der Waals surface area contributed by atoms with Gasteiger partial charge in [0.25, 0.3) is 0 Å². The van der Waals surface area contributed by atoms with Crippen LogP contribution in [-0.4, -0.2) is 45.1 Å². The largest absolute Gasteiger partial charge is 0.462 e. The molecule has 0 fully saturated rings. The Hall–Kier alpha value is -4.18. The number of thiazole rings is 1. The van der Waals surface area contributed by atoms with E-state index >= 15 is 0 Å². The number of hydrogen-bond acceptors (Lipinski definition) is 8. The van der Waals surface area contributed by atoms with E-state index in [1.807, 2.05) is 24.4 Å². The van der Waals surface area contributed by atoms with Crippen molar-refractivity contribution in [3.8, 4) is 21.7 Å². The first kappa shape index (κ1) is 24.0. The predicted octanol–water partition coefficient (Wildman–Crippen LogP) is 4.57. The normalized spacial score (nSPS) is 10.6. The van der Waals surface area contributed by atoms with Crippen molar-refractivity contribution in [1.82, 2.24) is 25.3 Å². The molecule has 0 unspecified atom stereocenters. The minimum absolute atomic E-state index is 0.273. The predicted molar refractivity (Wildman–Crippen MR) is 134 cm³/mol. The fraction of sp³-hybridized carbons (Fsp3) is 0.200. The van der Waals surface area contributed by atoms with Crippen molar-refractivity contribution in [1.29, 1.82) is 0 Å². The van der Waals surface area contributed by atoms with E-state index in [0.29, 0.717) is 29.9 Å². The second kappa shape index (κ2) is 11.3. The lowest BCUT2D eigenvalue weighted by atomic mass is 10.0. The number of anilines is 1. The van der Waals surface area contributed by atoms with Gasteiger partial charge in [0, 0.05) is 66.0 Å². The summed E-state index contributed by atoms with van der Waals surface area (Å²) >= 11 is 1.49. The van der Waals surface area contributed by atoms with Crippen molar-refractivity contribution >= 4 is 29.2 Å².